The largest absolute Gasteiger partial charge is 0.397 e. The molecule has 0 aliphatic rings. The van der Waals surface area contributed by atoms with Crippen LogP contribution >= 0.6 is 0 Å². The smallest absolute Gasteiger partial charge is 0.250 e. The Morgan fingerprint density at radius 2 is 0.839 bits per heavy atom. The Labute approximate surface area is 504 Å². The molecule has 0 amide bonds. The first-order valence-corrected chi connectivity index (χ1v) is 28.8. The van der Waals surface area contributed by atoms with E-state index in [0.29, 0.717) is 34.1 Å². The van der Waals surface area contributed by atoms with Crippen molar-refractivity contribution >= 4 is 49.5 Å². The molecule has 0 saturated heterocycles. The molecule has 0 fully saturated rings. The third-order valence-corrected chi connectivity index (χ3v) is 14.4. The summed E-state index contributed by atoms with van der Waals surface area (Å²) in [6.45, 7) is 1.97. The van der Waals surface area contributed by atoms with E-state index in [1.165, 1.54) is 16.7 Å². The molecule has 21 heteroatoms. The lowest BCUT2D eigenvalue weighted by molar-refractivity contribution is 0.685. The Balaban J connectivity index is 0.000000149. The van der Waals surface area contributed by atoms with Crippen molar-refractivity contribution < 1.29 is 4.21 Å². The molecule has 2 aromatic carbocycles. The standard InChI is InChI=1S/C13H14N2OS.2C11H11N3O.C11H11N3.C11H10N2.C9H10N4/c1-17(2,16)11-5-3-10(4-6-11)12-7-8-15-9-13(12)14;1-14-7-8(2-3-11(14)15)9-4-5-13-6-10(9)12;1-14-10(3-2-4-11(14)15)8-5-6-13-7-9(8)12;1-8-9(3-2-5-14-8)10-4-6-13-7-11(10)12;12-11-8-13-7-6-10(11)9-4-2-1-3-5-9;1-13-9(3-5-12-13)7-2-4-11-6-8(7)10/h3-9H,1,14H2,2H3;2*2-7H,12H2,1H3;2-7H,12H2,1H3;1-8H,12H2;2-6H,10H2,1H3. The van der Waals surface area contributed by atoms with Crippen LogP contribution in [0.15, 0.2) is 247 Å². The summed E-state index contributed by atoms with van der Waals surface area (Å²) in [4.78, 5) is 51.2. The highest BCUT2D eigenvalue weighted by atomic mass is 32.2. The lowest BCUT2D eigenvalue weighted by Crippen LogP contribution is -2.16. The second kappa shape index (κ2) is 30.1. The van der Waals surface area contributed by atoms with E-state index in [-0.39, 0.29) is 11.1 Å². The fourth-order valence-electron chi connectivity index (χ4n) is 8.48. The third-order valence-electron chi connectivity index (χ3n) is 13.1. The lowest BCUT2D eigenvalue weighted by Gasteiger charge is -2.09. The van der Waals surface area contributed by atoms with Gasteiger partial charge in [0.2, 0.25) is 5.56 Å². The van der Waals surface area contributed by atoms with Crippen LogP contribution in [-0.4, -0.2) is 70.1 Å². The molecule has 0 saturated carbocycles. The first kappa shape index (κ1) is 63.0. The van der Waals surface area contributed by atoms with Crippen molar-refractivity contribution in [2.75, 3.05) is 40.7 Å². The minimum atomic E-state index is -2.16. The number of aryl methyl sites for hydroxylation is 3. The summed E-state index contributed by atoms with van der Waals surface area (Å²) in [5.74, 6) is 3.65. The molecule has 12 aromatic rings. The number of nitrogens with two attached hydrogens (primary N) is 6. The molecule has 0 aliphatic carbocycles. The molecule has 12 rings (SSSR count). The number of hydrogen-bond donors (Lipinski definition) is 6. The number of pyridine rings is 9. The van der Waals surface area contributed by atoms with Crippen molar-refractivity contribution in [2.24, 2.45) is 21.1 Å². The summed E-state index contributed by atoms with van der Waals surface area (Å²) in [5.41, 5.74) is 51.1. The second-order valence-electron chi connectivity index (χ2n) is 19.3. The van der Waals surface area contributed by atoms with Gasteiger partial charge in [-0.05, 0) is 106 Å². The predicted octanol–water partition coefficient (Wildman–Crippen LogP) is 9.52. The minimum absolute atomic E-state index is 0.0358. The fraction of sp³-hybridized carbons (Fsp3) is 0.0758. The van der Waals surface area contributed by atoms with Crippen molar-refractivity contribution in [1.29, 1.82) is 0 Å². The summed E-state index contributed by atoms with van der Waals surface area (Å²) < 4.78 is 16.6. The van der Waals surface area contributed by atoms with Crippen LogP contribution in [0.1, 0.15) is 5.69 Å². The lowest BCUT2D eigenvalue weighted by atomic mass is 10.0. The number of nitrogens with zero attached hydrogens (tertiary/aromatic N) is 11. The zero-order chi connectivity index (χ0) is 62.5. The average molecular weight is 1180 g/mol. The monoisotopic (exact) mass is 1180 g/mol. The summed E-state index contributed by atoms with van der Waals surface area (Å²) in [7, 11) is 3.16. The van der Waals surface area contributed by atoms with Gasteiger partial charge < -0.3 is 43.5 Å². The number of hydrogen-bond acceptors (Lipinski definition) is 17. The molecule has 0 aliphatic heterocycles. The number of nitrogen functional groups attached to an aromatic ring is 6. The van der Waals surface area contributed by atoms with Crippen molar-refractivity contribution in [2.45, 2.75) is 11.8 Å². The molecule has 20 nitrogen and oxygen atoms in total. The maximum absolute atomic E-state index is 11.8. The van der Waals surface area contributed by atoms with Gasteiger partial charge in [-0.2, -0.15) is 5.10 Å². The van der Waals surface area contributed by atoms with Crippen LogP contribution in [-0.2, 0) is 30.7 Å². The van der Waals surface area contributed by atoms with E-state index in [2.05, 4.69) is 45.9 Å². The van der Waals surface area contributed by atoms with Gasteiger partial charge in [0, 0.05) is 150 Å². The molecular weight excluding hydrogens is 1110 g/mol. The normalized spacial score (nSPS) is 10.9. The van der Waals surface area contributed by atoms with Gasteiger partial charge >= 0.3 is 0 Å². The van der Waals surface area contributed by atoms with Gasteiger partial charge in [-0.25, -0.2) is 0 Å². The minimum Gasteiger partial charge on any atom is -0.397 e. The van der Waals surface area contributed by atoms with Crippen molar-refractivity contribution in [3.63, 3.8) is 0 Å². The number of aromatic nitrogens is 11. The van der Waals surface area contributed by atoms with E-state index in [1.54, 1.807) is 141 Å². The van der Waals surface area contributed by atoms with Crippen LogP contribution in [0, 0.1) is 6.92 Å². The molecule has 1 unspecified atom stereocenters. The van der Waals surface area contributed by atoms with Gasteiger partial charge in [0.05, 0.1) is 82.7 Å². The van der Waals surface area contributed by atoms with Gasteiger partial charge in [-0.3, -0.25) is 53.4 Å². The Morgan fingerprint density at radius 3 is 1.28 bits per heavy atom. The molecule has 10 heterocycles. The highest BCUT2D eigenvalue weighted by Gasteiger charge is 2.09. The Bertz CT molecular complexity index is 4410. The molecule has 12 N–H and O–H groups in total. The summed E-state index contributed by atoms with van der Waals surface area (Å²) in [6, 6.07) is 42.9. The molecule has 0 bridgehead atoms. The van der Waals surface area contributed by atoms with Gasteiger partial charge in [0.25, 0.3) is 5.56 Å². The molecule has 87 heavy (non-hydrogen) atoms. The topological polar surface area (TPSA) is 325 Å². The quantitative estimate of drug-likeness (QED) is 0.0809. The molecule has 440 valence electrons. The van der Waals surface area contributed by atoms with Crippen LogP contribution < -0.4 is 45.5 Å². The maximum Gasteiger partial charge on any atom is 0.250 e. The van der Waals surface area contributed by atoms with Crippen molar-refractivity contribution in [1.82, 2.24) is 53.8 Å². The highest BCUT2D eigenvalue weighted by Crippen LogP contribution is 2.29. The first-order valence-electron chi connectivity index (χ1n) is 26.7. The molecule has 0 radical (unpaired) electrons. The first-order chi connectivity index (χ1) is 41.8. The number of benzene rings is 2. The van der Waals surface area contributed by atoms with Crippen LogP contribution in [0.25, 0.3) is 67.0 Å². The van der Waals surface area contributed by atoms with E-state index in [4.69, 9.17) is 34.4 Å². The van der Waals surface area contributed by atoms with E-state index in [1.807, 2.05) is 123 Å². The van der Waals surface area contributed by atoms with Crippen LogP contribution in [0.2, 0.25) is 0 Å². The van der Waals surface area contributed by atoms with Gasteiger partial charge in [0.15, 0.2) is 0 Å². The van der Waals surface area contributed by atoms with Gasteiger partial charge in [-0.1, -0.05) is 54.6 Å². The average Bonchev–Trinajstić information content (AvgIpc) is 3.95. The van der Waals surface area contributed by atoms with Crippen LogP contribution in [0.3, 0.4) is 0 Å². The second-order valence-corrected chi connectivity index (χ2v) is 21.8. The Kier molecular flexibility index (Phi) is 21.8. The van der Waals surface area contributed by atoms with Crippen LogP contribution in [0.4, 0.5) is 34.1 Å². The van der Waals surface area contributed by atoms with Gasteiger partial charge in [-0.15, -0.1) is 0 Å². The zero-order valence-electron chi connectivity index (χ0n) is 48.7. The Hall–Kier alpha value is -11.6. The van der Waals surface area contributed by atoms with Crippen LogP contribution in [0.5, 0.6) is 0 Å². The summed E-state index contributed by atoms with van der Waals surface area (Å²) >= 11 is 0. The van der Waals surface area contributed by atoms with E-state index >= 15 is 0 Å². The van der Waals surface area contributed by atoms with Gasteiger partial charge in [0.1, 0.15) is 0 Å². The Morgan fingerprint density at radius 1 is 0.402 bits per heavy atom. The van der Waals surface area contributed by atoms with E-state index < -0.39 is 9.52 Å². The molecule has 1 atom stereocenters. The molecule has 0 spiro atoms. The SMILES string of the molecule is C=S(C)(=O)c1ccc(-c2ccncc2N)cc1.Cc1ncccc1-c1ccncc1N.Cn1c(-c2ccncc2N)cccc1=O.Cn1cc(-c2ccncc2N)ccc1=O.Cn1nccc1-c1ccncc1N.Nc1cnccc1-c1ccccc1. The van der Waals surface area contributed by atoms with Crippen molar-refractivity contribution in [3.8, 4) is 67.0 Å². The summed E-state index contributed by atoms with van der Waals surface area (Å²) in [6.07, 6.45) is 26.9. The van der Waals surface area contributed by atoms with E-state index in [9.17, 15) is 13.8 Å². The molecular formula is C66H67N17O3S. The number of rotatable bonds is 7. The maximum atomic E-state index is 11.8. The number of anilines is 6. The zero-order valence-corrected chi connectivity index (χ0v) is 49.5. The fourth-order valence-corrected chi connectivity index (χ4v) is 9.19. The third kappa shape index (κ3) is 17.3. The summed E-state index contributed by atoms with van der Waals surface area (Å²) in [5, 5.41) is 4.07. The highest BCUT2D eigenvalue weighted by molar-refractivity contribution is 7.99. The van der Waals surface area contributed by atoms with E-state index in [0.717, 1.165) is 77.6 Å². The predicted molar refractivity (Wildman–Crippen MR) is 354 cm³/mol. The van der Waals surface area contributed by atoms with Crippen molar-refractivity contribution in [3.05, 3.63) is 259 Å². The molecule has 10 aromatic heterocycles.